The minimum Gasteiger partial charge on any atom is -0.330 e. The summed E-state index contributed by atoms with van der Waals surface area (Å²) in [6.07, 6.45) is 0.460. The van der Waals surface area contributed by atoms with Crippen molar-refractivity contribution >= 4 is 17.4 Å². The first-order chi connectivity index (χ1) is 7.95. The Morgan fingerprint density at radius 2 is 2.12 bits per heavy atom. The number of Topliss-reactive ketones (excluding diaryl/α,β-unsaturated/α-hetero) is 1. The Kier molecular flexibility index (Phi) is 5.09. The third-order valence-electron chi connectivity index (χ3n) is 2.72. The molecule has 1 aromatic carbocycles. The fourth-order valence-electron chi connectivity index (χ4n) is 1.72. The number of hydrogen-bond acceptors (Lipinski definition) is 2. The highest BCUT2D eigenvalue weighted by Crippen LogP contribution is 2.19. The predicted octanol–water partition coefficient (Wildman–Crippen LogP) is 2.82. The molecule has 0 bridgehead atoms. The van der Waals surface area contributed by atoms with E-state index in [1.165, 1.54) is 12.1 Å². The van der Waals surface area contributed by atoms with Gasteiger partial charge in [-0.15, -0.1) is 0 Å². The molecule has 0 aliphatic rings. The van der Waals surface area contributed by atoms with Crippen LogP contribution < -0.4 is 5.73 Å². The number of hydrogen-bond donors (Lipinski definition) is 1. The third-order valence-corrected chi connectivity index (χ3v) is 3.03. The lowest BCUT2D eigenvalue weighted by Gasteiger charge is -2.16. The van der Waals surface area contributed by atoms with Gasteiger partial charge in [-0.2, -0.15) is 0 Å². The van der Waals surface area contributed by atoms with Crippen LogP contribution in [0.5, 0.6) is 0 Å². The van der Waals surface area contributed by atoms with Gasteiger partial charge in [0.15, 0.2) is 0 Å². The van der Waals surface area contributed by atoms with Gasteiger partial charge in [-0.05, 0) is 24.1 Å². The number of halogens is 2. The quantitative estimate of drug-likeness (QED) is 0.881. The lowest BCUT2D eigenvalue weighted by molar-refractivity contribution is -0.125. The van der Waals surface area contributed by atoms with Crippen LogP contribution in [0.3, 0.4) is 0 Å². The van der Waals surface area contributed by atoms with E-state index in [0.29, 0.717) is 6.42 Å². The molecule has 0 saturated carbocycles. The molecule has 0 aliphatic heterocycles. The molecule has 0 aromatic heterocycles. The third kappa shape index (κ3) is 3.79. The topological polar surface area (TPSA) is 43.1 Å². The van der Waals surface area contributed by atoms with Gasteiger partial charge < -0.3 is 5.73 Å². The number of carbonyl (C=O) groups is 1. The molecule has 17 heavy (non-hydrogen) atoms. The SMILES string of the molecule is CC(C)C(=O)C(CN)Cc1ccc(Cl)c(F)c1. The van der Waals surface area contributed by atoms with Gasteiger partial charge >= 0.3 is 0 Å². The lowest BCUT2D eigenvalue weighted by Crippen LogP contribution is -2.29. The van der Waals surface area contributed by atoms with Gasteiger partial charge in [0.25, 0.3) is 0 Å². The van der Waals surface area contributed by atoms with Crippen molar-refractivity contribution in [3.05, 3.63) is 34.6 Å². The molecule has 0 heterocycles. The van der Waals surface area contributed by atoms with E-state index in [0.717, 1.165) is 5.56 Å². The number of nitrogens with two attached hydrogens (primary N) is 1. The zero-order valence-electron chi connectivity index (χ0n) is 10.0. The smallest absolute Gasteiger partial charge is 0.142 e. The Bertz CT molecular complexity index is 406. The Labute approximate surface area is 106 Å². The fourth-order valence-corrected chi connectivity index (χ4v) is 1.84. The molecule has 1 aromatic rings. The number of rotatable bonds is 5. The molecule has 1 atom stereocenters. The molecule has 1 rings (SSSR count). The Hall–Kier alpha value is -0.930. The second-order valence-corrected chi connectivity index (χ2v) is 4.85. The minimum atomic E-state index is -0.461. The second-order valence-electron chi connectivity index (χ2n) is 4.44. The number of benzene rings is 1. The molecule has 4 heteroatoms. The Morgan fingerprint density at radius 3 is 2.59 bits per heavy atom. The second kappa shape index (κ2) is 6.12. The van der Waals surface area contributed by atoms with E-state index in [9.17, 15) is 9.18 Å². The first kappa shape index (κ1) is 14.1. The maximum Gasteiger partial charge on any atom is 0.142 e. The van der Waals surface area contributed by atoms with Gasteiger partial charge in [-0.3, -0.25) is 4.79 Å². The first-order valence-corrected chi connectivity index (χ1v) is 6.01. The van der Waals surface area contributed by atoms with E-state index in [1.807, 2.05) is 13.8 Å². The zero-order valence-corrected chi connectivity index (χ0v) is 10.8. The van der Waals surface area contributed by atoms with Crippen molar-refractivity contribution in [2.75, 3.05) is 6.54 Å². The van der Waals surface area contributed by atoms with Gasteiger partial charge in [0, 0.05) is 18.4 Å². The highest BCUT2D eigenvalue weighted by molar-refractivity contribution is 6.30. The number of carbonyl (C=O) groups excluding carboxylic acids is 1. The molecule has 0 saturated heterocycles. The van der Waals surface area contributed by atoms with E-state index >= 15 is 0 Å². The lowest BCUT2D eigenvalue weighted by atomic mass is 9.89. The summed E-state index contributed by atoms with van der Waals surface area (Å²) in [4.78, 5) is 11.8. The van der Waals surface area contributed by atoms with Crippen LogP contribution in [0.4, 0.5) is 4.39 Å². The molecule has 2 nitrogen and oxygen atoms in total. The highest BCUT2D eigenvalue weighted by atomic mass is 35.5. The van der Waals surface area contributed by atoms with Crippen molar-refractivity contribution in [1.29, 1.82) is 0 Å². The monoisotopic (exact) mass is 257 g/mol. The van der Waals surface area contributed by atoms with E-state index in [-0.39, 0.29) is 29.2 Å². The largest absolute Gasteiger partial charge is 0.330 e. The summed E-state index contributed by atoms with van der Waals surface area (Å²) >= 11 is 5.60. The summed E-state index contributed by atoms with van der Waals surface area (Å²) in [6.45, 7) is 3.96. The van der Waals surface area contributed by atoms with Gasteiger partial charge in [0.2, 0.25) is 0 Å². The predicted molar refractivity (Wildman–Crippen MR) is 67.5 cm³/mol. The molecule has 94 valence electrons. The Morgan fingerprint density at radius 1 is 1.47 bits per heavy atom. The maximum absolute atomic E-state index is 13.2. The van der Waals surface area contributed by atoms with Crippen molar-refractivity contribution in [3.8, 4) is 0 Å². The summed E-state index contributed by atoms with van der Waals surface area (Å²) in [7, 11) is 0. The van der Waals surface area contributed by atoms with E-state index in [2.05, 4.69) is 0 Å². The average Bonchev–Trinajstić information content (AvgIpc) is 2.29. The van der Waals surface area contributed by atoms with E-state index in [4.69, 9.17) is 17.3 Å². The summed E-state index contributed by atoms with van der Waals surface area (Å²) in [5.74, 6) is -0.656. The fraction of sp³-hybridized carbons (Fsp3) is 0.462. The standard InChI is InChI=1S/C13H17ClFNO/c1-8(2)13(17)10(7-16)5-9-3-4-11(14)12(15)6-9/h3-4,6,8,10H,5,7,16H2,1-2H3. The average molecular weight is 258 g/mol. The van der Waals surface area contributed by atoms with Gasteiger partial charge in [0.1, 0.15) is 11.6 Å². The summed E-state index contributed by atoms with van der Waals surface area (Å²) in [5.41, 5.74) is 6.33. The van der Waals surface area contributed by atoms with Gasteiger partial charge in [-0.1, -0.05) is 31.5 Å². The van der Waals surface area contributed by atoms with Crippen molar-refractivity contribution in [3.63, 3.8) is 0 Å². The van der Waals surface area contributed by atoms with Crippen molar-refractivity contribution in [2.24, 2.45) is 17.6 Å². The van der Waals surface area contributed by atoms with Crippen LogP contribution in [-0.2, 0) is 11.2 Å². The van der Waals surface area contributed by atoms with Crippen LogP contribution in [0, 0.1) is 17.7 Å². The minimum absolute atomic E-state index is 0.0549. The Balaban J connectivity index is 2.80. The highest BCUT2D eigenvalue weighted by Gasteiger charge is 2.20. The molecule has 0 aliphatic carbocycles. The molecule has 0 amide bonds. The van der Waals surface area contributed by atoms with Crippen LogP contribution in [-0.4, -0.2) is 12.3 Å². The van der Waals surface area contributed by atoms with Crippen LogP contribution in [0.25, 0.3) is 0 Å². The first-order valence-electron chi connectivity index (χ1n) is 5.63. The van der Waals surface area contributed by atoms with E-state index in [1.54, 1.807) is 6.07 Å². The van der Waals surface area contributed by atoms with Gasteiger partial charge in [-0.25, -0.2) is 4.39 Å². The van der Waals surface area contributed by atoms with Crippen molar-refractivity contribution in [1.82, 2.24) is 0 Å². The molecule has 0 spiro atoms. The maximum atomic E-state index is 13.2. The van der Waals surface area contributed by atoms with Crippen molar-refractivity contribution in [2.45, 2.75) is 20.3 Å². The van der Waals surface area contributed by atoms with E-state index < -0.39 is 5.82 Å². The summed E-state index contributed by atoms with van der Waals surface area (Å²) < 4.78 is 13.2. The zero-order chi connectivity index (χ0) is 13.0. The summed E-state index contributed by atoms with van der Waals surface area (Å²) in [6, 6.07) is 4.58. The van der Waals surface area contributed by atoms with Crippen LogP contribution in [0.2, 0.25) is 5.02 Å². The van der Waals surface area contributed by atoms with Crippen LogP contribution in [0.1, 0.15) is 19.4 Å². The molecule has 2 N–H and O–H groups in total. The number of ketones is 1. The molecule has 1 unspecified atom stereocenters. The van der Waals surface area contributed by atoms with Crippen LogP contribution in [0.15, 0.2) is 18.2 Å². The molecule has 0 radical (unpaired) electrons. The van der Waals surface area contributed by atoms with Crippen molar-refractivity contribution < 1.29 is 9.18 Å². The molecule has 0 fully saturated rings. The normalized spacial score (nSPS) is 12.8. The molecular weight excluding hydrogens is 241 g/mol. The molecular formula is C13H17ClFNO. The summed E-state index contributed by atoms with van der Waals surface area (Å²) in [5, 5.41) is 0.0910. The van der Waals surface area contributed by atoms with Gasteiger partial charge in [0.05, 0.1) is 5.02 Å². The van der Waals surface area contributed by atoms with Crippen LogP contribution >= 0.6 is 11.6 Å².